The van der Waals surface area contributed by atoms with E-state index < -0.39 is 0 Å². The van der Waals surface area contributed by atoms with Gasteiger partial charge in [0.05, 0.1) is 21.3 Å². The van der Waals surface area contributed by atoms with Crippen LogP contribution in [0, 0.1) is 11.8 Å². The Labute approximate surface area is 142 Å². The number of hydrogen-bond acceptors (Lipinski definition) is 4. The lowest BCUT2D eigenvalue weighted by Gasteiger charge is -2.24. The van der Waals surface area contributed by atoms with E-state index in [4.69, 9.17) is 26.4 Å². The van der Waals surface area contributed by atoms with Gasteiger partial charge < -0.3 is 24.8 Å². The van der Waals surface area contributed by atoms with Gasteiger partial charge in [-0.25, -0.2) is 0 Å². The molecule has 2 aliphatic rings. The fraction of sp³-hybridized carbons (Fsp3) is 0.588. The molecule has 2 fully saturated rings. The van der Waals surface area contributed by atoms with E-state index in [1.807, 2.05) is 12.1 Å². The molecule has 0 radical (unpaired) electrons. The Morgan fingerprint density at radius 2 is 1.74 bits per heavy atom. The number of ether oxygens (including phenoxy) is 3. The van der Waals surface area contributed by atoms with Crippen LogP contribution in [0.5, 0.6) is 17.2 Å². The highest BCUT2D eigenvalue weighted by molar-refractivity contribution is 7.80. The Kier molecular flexibility index (Phi) is 4.80. The van der Waals surface area contributed by atoms with Gasteiger partial charge in [0, 0.05) is 23.9 Å². The zero-order valence-corrected chi connectivity index (χ0v) is 14.7. The minimum atomic E-state index is 0.510. The van der Waals surface area contributed by atoms with Crippen molar-refractivity contribution in [2.45, 2.75) is 31.7 Å². The van der Waals surface area contributed by atoms with Crippen LogP contribution in [0.1, 0.15) is 25.7 Å². The minimum absolute atomic E-state index is 0.510. The lowest BCUT2D eigenvalue weighted by atomic mass is 9.96. The van der Waals surface area contributed by atoms with Gasteiger partial charge in [0.15, 0.2) is 16.6 Å². The zero-order valence-electron chi connectivity index (χ0n) is 13.8. The van der Waals surface area contributed by atoms with Crippen molar-refractivity contribution in [2.75, 3.05) is 26.6 Å². The van der Waals surface area contributed by atoms with E-state index in [0.717, 1.165) is 17.5 Å². The van der Waals surface area contributed by atoms with Crippen molar-refractivity contribution in [1.29, 1.82) is 0 Å². The quantitative estimate of drug-likeness (QED) is 0.806. The van der Waals surface area contributed by atoms with Crippen molar-refractivity contribution in [2.24, 2.45) is 11.8 Å². The highest BCUT2D eigenvalue weighted by Crippen LogP contribution is 2.44. The summed E-state index contributed by atoms with van der Waals surface area (Å²) in [6.07, 6.45) is 5.30. The fourth-order valence-electron chi connectivity index (χ4n) is 3.91. The third kappa shape index (κ3) is 3.32. The van der Waals surface area contributed by atoms with Crippen LogP contribution >= 0.6 is 12.2 Å². The van der Waals surface area contributed by atoms with Crippen molar-refractivity contribution in [3.63, 3.8) is 0 Å². The fourth-order valence-corrected chi connectivity index (χ4v) is 4.18. The molecule has 3 rings (SSSR count). The molecule has 2 aliphatic carbocycles. The Bertz CT molecular complexity index is 568. The molecule has 3 atom stereocenters. The van der Waals surface area contributed by atoms with Crippen LogP contribution in [0.2, 0.25) is 0 Å². The Balaban J connectivity index is 1.68. The van der Waals surface area contributed by atoms with Gasteiger partial charge in [-0.15, -0.1) is 0 Å². The summed E-state index contributed by atoms with van der Waals surface area (Å²) in [5.41, 5.74) is 0.820. The number of rotatable bonds is 5. The smallest absolute Gasteiger partial charge is 0.203 e. The Morgan fingerprint density at radius 1 is 1.04 bits per heavy atom. The molecule has 2 saturated carbocycles. The summed E-state index contributed by atoms with van der Waals surface area (Å²) in [6.45, 7) is 0. The molecule has 0 aromatic heterocycles. The largest absolute Gasteiger partial charge is 0.493 e. The summed E-state index contributed by atoms with van der Waals surface area (Å²) in [6, 6.07) is 4.22. The van der Waals surface area contributed by atoms with Gasteiger partial charge in [-0.05, 0) is 43.3 Å². The second kappa shape index (κ2) is 6.83. The number of benzene rings is 1. The summed E-state index contributed by atoms with van der Waals surface area (Å²) < 4.78 is 16.1. The molecular formula is C17H24N2O3S. The van der Waals surface area contributed by atoms with E-state index in [1.165, 1.54) is 25.7 Å². The molecule has 23 heavy (non-hydrogen) atoms. The molecule has 2 N–H and O–H groups in total. The van der Waals surface area contributed by atoms with E-state index in [-0.39, 0.29) is 0 Å². The van der Waals surface area contributed by atoms with Gasteiger partial charge in [0.2, 0.25) is 5.75 Å². The van der Waals surface area contributed by atoms with Gasteiger partial charge in [0.25, 0.3) is 0 Å². The minimum Gasteiger partial charge on any atom is -0.493 e. The van der Waals surface area contributed by atoms with E-state index in [0.29, 0.717) is 28.4 Å². The molecule has 6 heteroatoms. The van der Waals surface area contributed by atoms with Crippen molar-refractivity contribution >= 4 is 23.0 Å². The molecule has 5 nitrogen and oxygen atoms in total. The maximum absolute atomic E-state index is 5.47. The first-order valence-corrected chi connectivity index (χ1v) is 8.43. The highest BCUT2D eigenvalue weighted by Gasteiger charge is 2.39. The predicted octanol–water partition coefficient (Wildman–Crippen LogP) is 3.19. The van der Waals surface area contributed by atoms with Crippen LogP contribution in [0.15, 0.2) is 12.1 Å². The first kappa shape index (κ1) is 16.2. The lowest BCUT2D eigenvalue weighted by molar-refractivity contribution is 0.324. The monoisotopic (exact) mass is 336 g/mol. The van der Waals surface area contributed by atoms with Gasteiger partial charge >= 0.3 is 0 Å². The van der Waals surface area contributed by atoms with Crippen LogP contribution < -0.4 is 24.8 Å². The van der Waals surface area contributed by atoms with Crippen molar-refractivity contribution in [1.82, 2.24) is 5.32 Å². The maximum Gasteiger partial charge on any atom is 0.203 e. The molecule has 126 valence electrons. The summed E-state index contributed by atoms with van der Waals surface area (Å²) in [4.78, 5) is 0. The van der Waals surface area contributed by atoms with Gasteiger partial charge in [-0.3, -0.25) is 0 Å². The Hall–Kier alpha value is -1.69. The second-order valence-electron chi connectivity index (χ2n) is 6.29. The number of methoxy groups -OCH3 is 3. The summed E-state index contributed by atoms with van der Waals surface area (Å²) in [5.74, 6) is 3.46. The summed E-state index contributed by atoms with van der Waals surface area (Å²) >= 11 is 5.47. The molecule has 1 aromatic carbocycles. The predicted molar refractivity (Wildman–Crippen MR) is 94.7 cm³/mol. The maximum atomic E-state index is 5.47. The number of nitrogens with one attached hydrogen (secondary N) is 2. The third-order valence-electron chi connectivity index (χ3n) is 4.98. The van der Waals surface area contributed by atoms with Crippen molar-refractivity contribution in [3.8, 4) is 17.2 Å². The van der Waals surface area contributed by atoms with Gasteiger partial charge in [-0.1, -0.05) is 6.42 Å². The zero-order chi connectivity index (χ0) is 16.4. The molecule has 2 bridgehead atoms. The normalized spacial score (nSPS) is 25.1. The number of anilines is 1. The molecule has 0 spiro atoms. The Morgan fingerprint density at radius 3 is 2.22 bits per heavy atom. The first-order chi connectivity index (χ1) is 11.1. The van der Waals surface area contributed by atoms with E-state index >= 15 is 0 Å². The second-order valence-corrected chi connectivity index (χ2v) is 6.70. The SMILES string of the molecule is COc1cc(NC(=S)N[C@@H]2C[C@H]3CC[C@@H]2C3)cc(OC)c1OC. The lowest BCUT2D eigenvalue weighted by Crippen LogP contribution is -2.40. The highest BCUT2D eigenvalue weighted by atomic mass is 32.1. The standard InChI is InChI=1S/C17H24N2O3S/c1-20-14-8-12(9-15(21-2)16(14)22-3)18-17(23)19-13-7-10-4-5-11(13)6-10/h8-11,13H,4-7H2,1-3H3,(H2,18,19,23)/t10-,11+,13+/m0/s1. The van der Waals surface area contributed by atoms with Crippen LogP contribution in [0.3, 0.4) is 0 Å². The molecule has 0 saturated heterocycles. The van der Waals surface area contributed by atoms with Crippen molar-refractivity contribution in [3.05, 3.63) is 12.1 Å². The van der Waals surface area contributed by atoms with Crippen LogP contribution in [0.4, 0.5) is 5.69 Å². The summed E-state index contributed by atoms with van der Waals surface area (Å²) in [5, 5.41) is 7.35. The topological polar surface area (TPSA) is 51.8 Å². The average molecular weight is 336 g/mol. The molecule has 0 amide bonds. The van der Waals surface area contributed by atoms with Crippen LogP contribution in [-0.4, -0.2) is 32.5 Å². The molecule has 0 unspecified atom stereocenters. The molecular weight excluding hydrogens is 312 g/mol. The van der Waals surface area contributed by atoms with Gasteiger partial charge in [-0.2, -0.15) is 0 Å². The average Bonchev–Trinajstić information content (AvgIpc) is 3.16. The van der Waals surface area contributed by atoms with Crippen molar-refractivity contribution < 1.29 is 14.2 Å². The summed E-state index contributed by atoms with van der Waals surface area (Å²) in [7, 11) is 4.80. The van der Waals surface area contributed by atoms with E-state index in [2.05, 4.69) is 10.6 Å². The number of fused-ring (bicyclic) bond motifs is 2. The van der Waals surface area contributed by atoms with E-state index in [9.17, 15) is 0 Å². The number of thiocarbonyl (C=S) groups is 1. The van der Waals surface area contributed by atoms with Crippen LogP contribution in [-0.2, 0) is 0 Å². The number of hydrogen-bond donors (Lipinski definition) is 2. The molecule has 0 heterocycles. The first-order valence-electron chi connectivity index (χ1n) is 8.02. The van der Waals surface area contributed by atoms with Crippen LogP contribution in [0.25, 0.3) is 0 Å². The van der Waals surface area contributed by atoms with E-state index in [1.54, 1.807) is 21.3 Å². The van der Waals surface area contributed by atoms with Gasteiger partial charge in [0.1, 0.15) is 0 Å². The third-order valence-corrected chi connectivity index (χ3v) is 5.20. The molecule has 0 aliphatic heterocycles. The molecule has 1 aromatic rings.